The molecule has 1 unspecified atom stereocenters. The highest BCUT2D eigenvalue weighted by Gasteiger charge is 2.27. The van der Waals surface area contributed by atoms with E-state index in [1.807, 2.05) is 18.2 Å². The number of fused-ring (bicyclic) bond motifs is 6. The highest BCUT2D eigenvalue weighted by atomic mass is 16.3. The van der Waals surface area contributed by atoms with Gasteiger partial charge in [-0.1, -0.05) is 152 Å². The number of furan rings is 1. The largest absolute Gasteiger partial charge is 0.455 e. The third-order valence-electron chi connectivity index (χ3n) is 10.7. The standard InChI is InChI=1S/C49H31N3O/c1-3-11-30(12-4-1)32-21-23-34(24-22-32)47-50-48(35-25-26-37-39-18-9-15-33-16-10-19-40(45(33)39)41(37)27-35)52-49(51-47)43-29-36(31-13-5-2-6-14-31)28-42-38-17-7-8-20-44(38)53-46(42)43/h1-29,47H,(H,50,51,52). The van der Waals surface area contributed by atoms with Crippen molar-refractivity contribution >= 4 is 44.4 Å². The van der Waals surface area contributed by atoms with E-state index in [9.17, 15) is 0 Å². The van der Waals surface area contributed by atoms with Crippen LogP contribution >= 0.6 is 0 Å². The first-order valence-corrected chi connectivity index (χ1v) is 18.0. The zero-order chi connectivity index (χ0) is 34.9. The van der Waals surface area contributed by atoms with Crippen molar-refractivity contribution in [3.05, 3.63) is 193 Å². The van der Waals surface area contributed by atoms with Crippen molar-refractivity contribution in [1.29, 1.82) is 0 Å². The fourth-order valence-electron chi connectivity index (χ4n) is 8.11. The molecule has 2 heterocycles. The number of benzene rings is 8. The molecule has 53 heavy (non-hydrogen) atoms. The van der Waals surface area contributed by atoms with Crippen LogP contribution in [0.15, 0.2) is 190 Å². The van der Waals surface area contributed by atoms with Gasteiger partial charge in [0.25, 0.3) is 0 Å². The van der Waals surface area contributed by atoms with Gasteiger partial charge in [-0.15, -0.1) is 0 Å². The van der Waals surface area contributed by atoms with Crippen molar-refractivity contribution in [2.24, 2.45) is 9.98 Å². The maximum absolute atomic E-state index is 6.64. The summed E-state index contributed by atoms with van der Waals surface area (Å²) in [7, 11) is 0. The minimum absolute atomic E-state index is 0.379. The van der Waals surface area contributed by atoms with Crippen LogP contribution in [-0.4, -0.2) is 11.7 Å². The number of rotatable bonds is 5. The monoisotopic (exact) mass is 677 g/mol. The number of hydrogen-bond acceptors (Lipinski definition) is 4. The van der Waals surface area contributed by atoms with E-state index >= 15 is 0 Å². The normalized spacial score (nSPS) is 14.6. The van der Waals surface area contributed by atoms with Crippen LogP contribution in [0.4, 0.5) is 0 Å². The van der Waals surface area contributed by atoms with Gasteiger partial charge in [-0.25, -0.2) is 9.98 Å². The molecule has 1 aliphatic heterocycles. The molecule has 11 rings (SSSR count). The van der Waals surface area contributed by atoms with Gasteiger partial charge in [-0.3, -0.25) is 0 Å². The third-order valence-corrected chi connectivity index (χ3v) is 10.7. The summed E-state index contributed by atoms with van der Waals surface area (Å²) >= 11 is 0. The lowest BCUT2D eigenvalue weighted by Gasteiger charge is -2.24. The molecule has 0 radical (unpaired) electrons. The maximum atomic E-state index is 6.64. The molecule has 2 aliphatic rings. The number of amidine groups is 2. The second kappa shape index (κ2) is 11.8. The minimum Gasteiger partial charge on any atom is -0.455 e. The summed E-state index contributed by atoms with van der Waals surface area (Å²) in [6, 6.07) is 62.1. The Morgan fingerprint density at radius 3 is 1.87 bits per heavy atom. The molecule has 0 amide bonds. The lowest BCUT2D eigenvalue weighted by molar-refractivity contribution is 0.659. The number of nitrogens with one attached hydrogen (secondary N) is 1. The van der Waals surface area contributed by atoms with E-state index in [1.165, 1.54) is 38.6 Å². The topological polar surface area (TPSA) is 49.9 Å². The van der Waals surface area contributed by atoms with Crippen LogP contribution in [0.5, 0.6) is 0 Å². The molecule has 0 fully saturated rings. The molecule has 1 N–H and O–H groups in total. The van der Waals surface area contributed by atoms with Crippen LogP contribution in [0.25, 0.3) is 77.2 Å². The zero-order valence-electron chi connectivity index (χ0n) is 28.6. The van der Waals surface area contributed by atoms with Crippen molar-refractivity contribution < 1.29 is 4.42 Å². The molecule has 0 bridgehead atoms. The summed E-state index contributed by atoms with van der Waals surface area (Å²) in [4.78, 5) is 10.7. The van der Waals surface area contributed by atoms with E-state index in [4.69, 9.17) is 14.4 Å². The van der Waals surface area contributed by atoms with Gasteiger partial charge in [0.2, 0.25) is 0 Å². The molecule has 9 aromatic rings. The summed E-state index contributed by atoms with van der Waals surface area (Å²) in [6.07, 6.45) is -0.379. The third kappa shape index (κ3) is 4.84. The molecule has 4 heteroatoms. The zero-order valence-corrected chi connectivity index (χ0v) is 28.6. The fraction of sp³-hybridized carbons (Fsp3) is 0.0204. The van der Waals surface area contributed by atoms with Crippen molar-refractivity contribution in [2.45, 2.75) is 6.17 Å². The minimum atomic E-state index is -0.379. The fourth-order valence-corrected chi connectivity index (χ4v) is 8.11. The molecule has 1 aromatic heterocycles. The van der Waals surface area contributed by atoms with Crippen molar-refractivity contribution in [3.63, 3.8) is 0 Å². The smallest absolute Gasteiger partial charge is 0.159 e. The second-order valence-corrected chi connectivity index (χ2v) is 13.8. The molecule has 1 atom stereocenters. The van der Waals surface area contributed by atoms with Crippen molar-refractivity contribution in [1.82, 2.24) is 5.32 Å². The Kier molecular flexibility index (Phi) is 6.58. The second-order valence-electron chi connectivity index (χ2n) is 13.8. The Bertz CT molecular complexity index is 2950. The summed E-state index contributed by atoms with van der Waals surface area (Å²) in [5.74, 6) is 1.40. The first-order chi connectivity index (χ1) is 26.2. The van der Waals surface area contributed by atoms with Gasteiger partial charge in [-0.2, -0.15) is 0 Å². The molecule has 248 valence electrons. The predicted molar refractivity (Wildman–Crippen MR) is 218 cm³/mol. The van der Waals surface area contributed by atoms with Crippen molar-refractivity contribution in [3.8, 4) is 44.5 Å². The quantitative estimate of drug-likeness (QED) is 0.197. The van der Waals surface area contributed by atoms with Gasteiger partial charge in [0.1, 0.15) is 23.2 Å². The summed E-state index contributed by atoms with van der Waals surface area (Å²) in [5.41, 5.74) is 14.1. The SMILES string of the molecule is c1ccc(-c2ccc(C3N=C(c4ccc5c(c4)-c4cccc6cccc-5c46)N=C(c4cc(-c5ccccc5)cc5c4oc4ccccc45)N3)cc2)cc1. The van der Waals surface area contributed by atoms with E-state index in [1.54, 1.807) is 0 Å². The van der Waals surface area contributed by atoms with E-state index < -0.39 is 0 Å². The molecule has 8 aromatic carbocycles. The van der Waals surface area contributed by atoms with Gasteiger partial charge in [0.05, 0.1) is 5.56 Å². The summed E-state index contributed by atoms with van der Waals surface area (Å²) in [5, 5.41) is 8.43. The average Bonchev–Trinajstić information content (AvgIpc) is 3.77. The lowest BCUT2D eigenvalue weighted by atomic mass is 9.97. The van der Waals surface area contributed by atoms with Gasteiger partial charge in [0, 0.05) is 16.3 Å². The van der Waals surface area contributed by atoms with Gasteiger partial charge >= 0.3 is 0 Å². The van der Waals surface area contributed by atoms with Gasteiger partial charge in [-0.05, 0) is 85.1 Å². The van der Waals surface area contributed by atoms with Gasteiger partial charge in [0.15, 0.2) is 5.84 Å². The first-order valence-electron chi connectivity index (χ1n) is 18.0. The van der Waals surface area contributed by atoms with Crippen LogP contribution in [-0.2, 0) is 0 Å². The first kappa shape index (κ1) is 29.7. The molecule has 1 aliphatic carbocycles. The van der Waals surface area contributed by atoms with Crippen LogP contribution in [0.2, 0.25) is 0 Å². The van der Waals surface area contributed by atoms with Crippen LogP contribution in [0.3, 0.4) is 0 Å². The Hall–Kier alpha value is -7.04. The number of aliphatic imine (C=N–C) groups is 2. The highest BCUT2D eigenvalue weighted by molar-refractivity contribution is 6.21. The number of nitrogens with zero attached hydrogens (tertiary/aromatic N) is 2. The Labute approximate surface area is 306 Å². The maximum Gasteiger partial charge on any atom is 0.159 e. The van der Waals surface area contributed by atoms with Crippen LogP contribution < -0.4 is 5.32 Å². The molecular weight excluding hydrogens is 647 g/mol. The highest BCUT2D eigenvalue weighted by Crippen LogP contribution is 2.47. The van der Waals surface area contributed by atoms with E-state index in [0.717, 1.165) is 61.2 Å². The Morgan fingerprint density at radius 1 is 0.453 bits per heavy atom. The van der Waals surface area contributed by atoms with Crippen LogP contribution in [0.1, 0.15) is 22.9 Å². The van der Waals surface area contributed by atoms with Gasteiger partial charge < -0.3 is 9.73 Å². The van der Waals surface area contributed by atoms with E-state index in [-0.39, 0.29) is 6.17 Å². The predicted octanol–water partition coefficient (Wildman–Crippen LogP) is 12.2. The Morgan fingerprint density at radius 2 is 1.09 bits per heavy atom. The van der Waals surface area contributed by atoms with Crippen molar-refractivity contribution in [2.75, 3.05) is 0 Å². The summed E-state index contributed by atoms with van der Waals surface area (Å²) in [6.45, 7) is 0. The number of para-hydroxylation sites is 1. The summed E-state index contributed by atoms with van der Waals surface area (Å²) < 4.78 is 6.64. The number of hydrogen-bond donors (Lipinski definition) is 1. The average molecular weight is 678 g/mol. The van der Waals surface area contributed by atoms with Crippen LogP contribution in [0, 0.1) is 0 Å². The molecule has 0 spiro atoms. The molecule has 4 nitrogen and oxygen atoms in total. The molecule has 0 saturated heterocycles. The van der Waals surface area contributed by atoms with E-state index in [2.05, 4.69) is 163 Å². The Balaban J connectivity index is 1.10. The van der Waals surface area contributed by atoms with E-state index in [0.29, 0.717) is 5.84 Å². The molecular formula is C49H31N3O. The lowest BCUT2D eigenvalue weighted by Crippen LogP contribution is -2.33. The molecule has 0 saturated carbocycles.